The van der Waals surface area contributed by atoms with Crippen molar-refractivity contribution < 1.29 is 34.8 Å². The molecule has 38 heavy (non-hydrogen) atoms. The molecule has 0 aliphatic heterocycles. The van der Waals surface area contributed by atoms with Crippen LogP contribution in [-0.4, -0.2) is 57.6 Å². The number of amides is 1. The van der Waals surface area contributed by atoms with E-state index < -0.39 is 52.0 Å². The quantitative estimate of drug-likeness (QED) is 0.279. The maximum absolute atomic E-state index is 13.7. The van der Waals surface area contributed by atoms with Crippen molar-refractivity contribution in [2.75, 3.05) is 19.0 Å². The third kappa shape index (κ3) is 4.36. The van der Waals surface area contributed by atoms with Crippen molar-refractivity contribution in [2.24, 2.45) is 23.0 Å². The molecule has 0 spiro atoms. The molecule has 0 radical (unpaired) electrons. The Bertz CT molecular complexity index is 1280. The number of carbonyl (C=O) groups excluding carboxylic acids is 3. The van der Waals surface area contributed by atoms with Crippen molar-refractivity contribution in [1.82, 2.24) is 0 Å². The normalized spacial score (nSPS) is 25.2. The van der Waals surface area contributed by atoms with Gasteiger partial charge in [0, 0.05) is 37.7 Å². The van der Waals surface area contributed by atoms with Crippen LogP contribution in [0.5, 0.6) is 5.75 Å². The summed E-state index contributed by atoms with van der Waals surface area (Å²) in [4.78, 5) is 40.0. The summed E-state index contributed by atoms with van der Waals surface area (Å²) in [7, 11) is 3.73. The zero-order valence-electron chi connectivity index (χ0n) is 22.7. The maximum atomic E-state index is 13.7. The van der Waals surface area contributed by atoms with Gasteiger partial charge in [0.2, 0.25) is 5.78 Å². The molecule has 3 atom stereocenters. The van der Waals surface area contributed by atoms with Gasteiger partial charge in [0.25, 0.3) is 5.91 Å². The minimum absolute atomic E-state index is 0.108. The van der Waals surface area contributed by atoms with E-state index in [1.54, 1.807) is 0 Å². The molecule has 9 nitrogen and oxygen atoms in total. The Morgan fingerprint density at radius 1 is 1.13 bits per heavy atom. The van der Waals surface area contributed by atoms with Gasteiger partial charge in [-0.25, -0.2) is 0 Å². The minimum atomic E-state index is -2.56. The van der Waals surface area contributed by atoms with Gasteiger partial charge in [0.1, 0.15) is 22.8 Å². The smallest absolute Gasteiger partial charge is 0.255 e. The molecule has 4 rings (SSSR count). The Kier molecular flexibility index (Phi) is 6.89. The second-order valence-corrected chi connectivity index (χ2v) is 12.3. The lowest BCUT2D eigenvalue weighted by molar-refractivity contribution is -0.147. The Morgan fingerprint density at radius 2 is 1.79 bits per heavy atom. The highest BCUT2D eigenvalue weighted by Crippen LogP contribution is 2.53. The van der Waals surface area contributed by atoms with Crippen LogP contribution in [0.15, 0.2) is 23.0 Å². The summed E-state index contributed by atoms with van der Waals surface area (Å²) in [5.74, 6) is -6.09. The molecule has 0 bridgehead atoms. The van der Waals surface area contributed by atoms with Crippen molar-refractivity contribution >= 4 is 28.9 Å². The van der Waals surface area contributed by atoms with E-state index >= 15 is 0 Å². The van der Waals surface area contributed by atoms with Gasteiger partial charge in [-0.2, -0.15) is 0 Å². The fraction of sp³-hybridized carbons (Fsp3) is 0.552. The Morgan fingerprint density at radius 3 is 2.37 bits per heavy atom. The number of nitrogens with two attached hydrogens (primary N) is 1. The van der Waals surface area contributed by atoms with Crippen LogP contribution in [0.25, 0.3) is 5.76 Å². The Labute approximate surface area is 222 Å². The predicted molar refractivity (Wildman–Crippen MR) is 143 cm³/mol. The van der Waals surface area contributed by atoms with Crippen molar-refractivity contribution in [1.29, 1.82) is 0 Å². The summed E-state index contributed by atoms with van der Waals surface area (Å²) >= 11 is 0. The summed E-state index contributed by atoms with van der Waals surface area (Å²) in [5.41, 5.74) is 4.26. The van der Waals surface area contributed by atoms with Crippen LogP contribution in [0.2, 0.25) is 0 Å². The summed E-state index contributed by atoms with van der Waals surface area (Å²) in [6.07, 6.45) is 3.48. The number of unbranched alkanes of at least 4 members (excludes halogenated alkanes) is 1. The maximum Gasteiger partial charge on any atom is 0.255 e. The van der Waals surface area contributed by atoms with E-state index in [4.69, 9.17) is 5.73 Å². The summed E-state index contributed by atoms with van der Waals surface area (Å²) in [6, 6.07) is 1.92. The number of aliphatic hydroxyl groups is 3. The van der Waals surface area contributed by atoms with Crippen LogP contribution >= 0.6 is 0 Å². The highest BCUT2D eigenvalue weighted by molar-refractivity contribution is 6.22. The topological polar surface area (TPSA) is 161 Å². The lowest BCUT2D eigenvalue weighted by atomic mass is 9.59. The molecule has 1 saturated carbocycles. The first kappa shape index (κ1) is 27.7. The van der Waals surface area contributed by atoms with Crippen LogP contribution in [0.3, 0.4) is 0 Å². The number of aliphatic hydroxyl groups excluding tert-OH is 2. The zero-order valence-corrected chi connectivity index (χ0v) is 22.7. The number of aromatic hydroxyl groups is 1. The molecule has 0 unspecified atom stereocenters. The molecule has 3 aliphatic rings. The molecule has 0 heterocycles. The van der Waals surface area contributed by atoms with E-state index in [0.29, 0.717) is 24.0 Å². The van der Waals surface area contributed by atoms with E-state index in [0.717, 1.165) is 24.9 Å². The average Bonchev–Trinajstić information content (AvgIpc) is 2.79. The molecule has 9 heteroatoms. The van der Waals surface area contributed by atoms with Crippen molar-refractivity contribution in [3.05, 3.63) is 39.7 Å². The second kappa shape index (κ2) is 9.45. The van der Waals surface area contributed by atoms with Gasteiger partial charge < -0.3 is 31.1 Å². The fourth-order valence-electron chi connectivity index (χ4n) is 6.28. The highest BCUT2D eigenvalue weighted by atomic mass is 16.3. The Balaban J connectivity index is 1.82. The summed E-state index contributed by atoms with van der Waals surface area (Å²) in [5, 5.41) is 44.9. The van der Waals surface area contributed by atoms with Crippen molar-refractivity contribution in [3.63, 3.8) is 0 Å². The number of carbonyl (C=O) groups is 3. The number of phenols is 1. The molecule has 1 amide bonds. The standard InChI is InChI=1S/C29H38N2O7/c1-28(2,3)9-7-6-8-14-12-18(31(4)5)17-11-15-10-16-13-19(32)22(27(30)37)26(36)29(16,38)25(35)20(15)24(34)21(17)23(14)33/h12,15-16,33-34,36,38H,6-11,13H2,1-5H3,(H2,30,37)/t15-,16+,29+/m1/s1. The number of ketones is 2. The molecule has 1 aromatic carbocycles. The summed E-state index contributed by atoms with van der Waals surface area (Å²) < 4.78 is 0. The van der Waals surface area contributed by atoms with Gasteiger partial charge in [-0.15, -0.1) is 0 Å². The van der Waals surface area contributed by atoms with E-state index in [2.05, 4.69) is 20.8 Å². The predicted octanol–water partition coefficient (Wildman–Crippen LogP) is 3.25. The number of nitrogens with zero attached hydrogens (tertiary/aromatic N) is 1. The van der Waals surface area contributed by atoms with E-state index in [-0.39, 0.29) is 35.1 Å². The van der Waals surface area contributed by atoms with E-state index in [1.165, 1.54) is 0 Å². The molecule has 206 valence electrons. The van der Waals surface area contributed by atoms with Gasteiger partial charge in [-0.05, 0) is 60.6 Å². The SMILES string of the molecule is CN(C)c1cc(CCCCC(C)(C)C)c(O)c2c1C[C@H]1C[C@H]3CC(=O)C(C(N)=O)=C(O)[C@@]3(O)C(=O)C1=C2O. The molecular weight excluding hydrogens is 488 g/mol. The molecule has 1 aromatic rings. The van der Waals surface area contributed by atoms with E-state index in [9.17, 15) is 34.8 Å². The number of benzene rings is 1. The van der Waals surface area contributed by atoms with Crippen molar-refractivity contribution in [2.45, 2.75) is 71.3 Å². The molecule has 0 saturated heterocycles. The molecule has 1 fully saturated rings. The molecular formula is C29H38N2O7. The van der Waals surface area contributed by atoms with Gasteiger partial charge in [-0.3, -0.25) is 14.4 Å². The lowest BCUT2D eigenvalue weighted by Gasteiger charge is -2.46. The first-order valence-corrected chi connectivity index (χ1v) is 13.1. The highest BCUT2D eigenvalue weighted by Gasteiger charge is 2.60. The first-order valence-electron chi connectivity index (χ1n) is 13.1. The minimum Gasteiger partial charge on any atom is -0.508 e. The van der Waals surface area contributed by atoms with Crippen LogP contribution in [0.4, 0.5) is 5.69 Å². The second-order valence-electron chi connectivity index (χ2n) is 12.3. The number of primary amides is 1. The third-order valence-electron chi connectivity index (χ3n) is 8.22. The van der Waals surface area contributed by atoms with Crippen molar-refractivity contribution in [3.8, 4) is 5.75 Å². The van der Waals surface area contributed by atoms with Crippen LogP contribution in [0, 0.1) is 17.3 Å². The van der Waals surface area contributed by atoms with Crippen LogP contribution < -0.4 is 10.6 Å². The largest absolute Gasteiger partial charge is 0.508 e. The van der Waals surface area contributed by atoms with Gasteiger partial charge in [0.05, 0.1) is 5.56 Å². The number of phenolic OH excluding ortho intramolecular Hbond substituents is 1. The zero-order chi connectivity index (χ0) is 28.3. The lowest BCUT2D eigenvalue weighted by Crippen LogP contribution is -2.58. The first-order chi connectivity index (χ1) is 17.6. The van der Waals surface area contributed by atoms with Gasteiger partial charge >= 0.3 is 0 Å². The number of rotatable bonds is 6. The number of hydrogen-bond donors (Lipinski definition) is 5. The Hall–Kier alpha value is -3.33. The monoisotopic (exact) mass is 526 g/mol. The number of hydrogen-bond acceptors (Lipinski definition) is 8. The third-order valence-corrected chi connectivity index (χ3v) is 8.22. The molecule has 3 aliphatic carbocycles. The van der Waals surface area contributed by atoms with E-state index in [1.807, 2.05) is 25.1 Å². The molecule has 6 N–H and O–H groups in total. The van der Waals surface area contributed by atoms with Crippen LogP contribution in [-0.2, 0) is 27.2 Å². The van der Waals surface area contributed by atoms with Gasteiger partial charge in [0.15, 0.2) is 11.4 Å². The number of aryl methyl sites for hydroxylation is 1. The number of anilines is 1. The average molecular weight is 527 g/mol. The van der Waals surface area contributed by atoms with Crippen LogP contribution in [0.1, 0.15) is 69.6 Å². The molecule has 0 aromatic heterocycles. The number of fused-ring (bicyclic) bond motifs is 3. The van der Waals surface area contributed by atoms with Gasteiger partial charge in [-0.1, -0.05) is 27.2 Å². The number of Topliss-reactive ketones (excluding diaryl/α,β-unsaturated/α-hetero) is 2. The fourth-order valence-corrected chi connectivity index (χ4v) is 6.28. The summed E-state index contributed by atoms with van der Waals surface area (Å²) in [6.45, 7) is 6.53.